The van der Waals surface area contributed by atoms with Gasteiger partial charge < -0.3 is 15.1 Å². The van der Waals surface area contributed by atoms with E-state index in [9.17, 15) is 4.79 Å². The molecule has 0 aromatic carbocycles. The van der Waals surface area contributed by atoms with Gasteiger partial charge in [0.25, 0.3) is 0 Å². The van der Waals surface area contributed by atoms with Gasteiger partial charge in [0.1, 0.15) is 0 Å². The molecule has 1 aromatic heterocycles. The first-order chi connectivity index (χ1) is 8.74. The molecule has 0 atom stereocenters. The van der Waals surface area contributed by atoms with Crippen LogP contribution in [0.2, 0.25) is 0 Å². The van der Waals surface area contributed by atoms with E-state index in [1.54, 1.807) is 6.92 Å². The van der Waals surface area contributed by atoms with Crippen molar-refractivity contribution in [3.05, 3.63) is 11.8 Å². The second kappa shape index (κ2) is 6.37. The number of hydrogen-bond acceptors (Lipinski definition) is 4. The Balaban J connectivity index is 1.62. The molecule has 0 aliphatic heterocycles. The van der Waals surface area contributed by atoms with Crippen LogP contribution in [0.4, 0.5) is 4.79 Å². The zero-order chi connectivity index (χ0) is 12.8. The predicted molar refractivity (Wildman–Crippen MR) is 66.1 cm³/mol. The highest BCUT2D eigenvalue weighted by molar-refractivity contribution is 5.74. The molecule has 1 saturated carbocycles. The Kier molecular flexibility index (Phi) is 4.55. The third kappa shape index (κ3) is 4.01. The molecule has 1 fully saturated rings. The van der Waals surface area contributed by atoms with Crippen molar-refractivity contribution in [2.45, 2.75) is 51.5 Å². The summed E-state index contributed by atoms with van der Waals surface area (Å²) < 4.78 is 5.22. The van der Waals surface area contributed by atoms with E-state index in [0.29, 0.717) is 30.8 Å². The second-order valence-corrected chi connectivity index (χ2v) is 4.70. The maximum Gasteiger partial charge on any atom is 0.315 e. The van der Waals surface area contributed by atoms with Gasteiger partial charge in [-0.3, -0.25) is 0 Å². The lowest BCUT2D eigenvalue weighted by atomic mass is 9.96. The van der Waals surface area contributed by atoms with Crippen molar-refractivity contribution < 1.29 is 9.21 Å². The quantitative estimate of drug-likeness (QED) is 0.852. The smallest absolute Gasteiger partial charge is 0.315 e. The molecule has 2 rings (SSSR count). The van der Waals surface area contributed by atoms with Crippen molar-refractivity contribution in [2.75, 3.05) is 6.54 Å². The van der Waals surface area contributed by atoms with Crippen molar-refractivity contribution in [2.24, 2.45) is 0 Å². The fourth-order valence-corrected chi connectivity index (χ4v) is 2.20. The van der Waals surface area contributed by atoms with Crippen LogP contribution in [-0.4, -0.2) is 28.8 Å². The summed E-state index contributed by atoms with van der Waals surface area (Å²) in [5.74, 6) is 1.11. The van der Waals surface area contributed by atoms with Crippen molar-refractivity contribution in [1.82, 2.24) is 20.8 Å². The molecule has 2 N–H and O–H groups in total. The maximum absolute atomic E-state index is 11.6. The Morgan fingerprint density at radius 3 is 2.78 bits per heavy atom. The predicted octanol–water partition coefficient (Wildman–Crippen LogP) is 1.55. The third-order valence-electron chi connectivity index (χ3n) is 3.13. The topological polar surface area (TPSA) is 80.0 Å². The summed E-state index contributed by atoms with van der Waals surface area (Å²) in [7, 11) is 0. The lowest BCUT2D eigenvalue weighted by Gasteiger charge is -2.22. The van der Waals surface area contributed by atoms with Gasteiger partial charge in [0.05, 0.1) is 0 Å². The fraction of sp³-hybridized carbons (Fsp3) is 0.750. The summed E-state index contributed by atoms with van der Waals surface area (Å²) >= 11 is 0. The van der Waals surface area contributed by atoms with Crippen LogP contribution in [-0.2, 0) is 6.42 Å². The largest absolute Gasteiger partial charge is 0.426 e. The first kappa shape index (κ1) is 12.9. The zero-order valence-electron chi connectivity index (χ0n) is 10.7. The number of urea groups is 1. The van der Waals surface area contributed by atoms with Crippen molar-refractivity contribution in [1.29, 1.82) is 0 Å². The lowest BCUT2D eigenvalue weighted by Crippen LogP contribution is -2.43. The normalized spacial score (nSPS) is 16.5. The number of nitrogens with zero attached hydrogens (tertiary/aromatic N) is 2. The van der Waals surface area contributed by atoms with Crippen molar-refractivity contribution in [3.63, 3.8) is 0 Å². The summed E-state index contributed by atoms with van der Waals surface area (Å²) in [6, 6.07) is 0.238. The van der Waals surface area contributed by atoms with Crippen molar-refractivity contribution in [3.8, 4) is 0 Å². The summed E-state index contributed by atoms with van der Waals surface area (Å²) in [6.07, 6.45) is 6.47. The van der Waals surface area contributed by atoms with Gasteiger partial charge >= 0.3 is 6.03 Å². The number of nitrogens with one attached hydrogen (secondary N) is 2. The average molecular weight is 252 g/mol. The Hall–Kier alpha value is -1.59. The highest BCUT2D eigenvalue weighted by Gasteiger charge is 2.15. The highest BCUT2D eigenvalue weighted by atomic mass is 16.4. The number of aromatic nitrogens is 2. The zero-order valence-corrected chi connectivity index (χ0v) is 10.7. The molecule has 0 bridgehead atoms. The molecule has 0 radical (unpaired) electrons. The number of aryl methyl sites for hydroxylation is 1. The molecule has 6 heteroatoms. The van der Waals surface area contributed by atoms with Gasteiger partial charge in [-0.05, 0) is 12.8 Å². The number of carbonyl (C=O) groups excluding carboxylic acids is 1. The SMILES string of the molecule is Cc1nnc(CCNC(=O)NC2CCCCC2)o1. The molecule has 0 unspecified atom stereocenters. The van der Waals surface area contributed by atoms with E-state index in [-0.39, 0.29) is 6.03 Å². The van der Waals surface area contributed by atoms with Crippen LogP contribution in [0.5, 0.6) is 0 Å². The van der Waals surface area contributed by atoms with E-state index in [1.807, 2.05) is 0 Å². The van der Waals surface area contributed by atoms with Crippen molar-refractivity contribution >= 4 is 6.03 Å². The van der Waals surface area contributed by atoms with Gasteiger partial charge in [-0.2, -0.15) is 0 Å². The van der Waals surface area contributed by atoms with E-state index < -0.39 is 0 Å². The fourth-order valence-electron chi connectivity index (χ4n) is 2.20. The van der Waals surface area contributed by atoms with Gasteiger partial charge in [0.15, 0.2) is 0 Å². The van der Waals surface area contributed by atoms with Crippen LogP contribution in [0.1, 0.15) is 43.9 Å². The number of rotatable bonds is 4. The molecule has 18 heavy (non-hydrogen) atoms. The van der Waals surface area contributed by atoms with Gasteiger partial charge in [-0.25, -0.2) is 4.79 Å². The standard InChI is InChI=1S/C12H20N4O2/c1-9-15-16-11(18-9)7-8-13-12(17)14-10-5-3-2-4-6-10/h10H,2-8H2,1H3,(H2,13,14,17). The average Bonchev–Trinajstić information content (AvgIpc) is 2.76. The molecule has 1 aliphatic rings. The third-order valence-corrected chi connectivity index (χ3v) is 3.13. The Morgan fingerprint density at radius 1 is 1.33 bits per heavy atom. The summed E-state index contributed by atoms with van der Waals surface area (Å²) in [6.45, 7) is 2.26. The molecule has 100 valence electrons. The van der Waals surface area contributed by atoms with Crippen LogP contribution in [0.25, 0.3) is 0 Å². The first-order valence-corrected chi connectivity index (χ1v) is 6.57. The van der Waals surface area contributed by atoms with Crippen LogP contribution in [0, 0.1) is 6.92 Å². The Morgan fingerprint density at radius 2 is 2.11 bits per heavy atom. The second-order valence-electron chi connectivity index (χ2n) is 4.70. The van der Waals surface area contributed by atoms with Gasteiger partial charge in [-0.1, -0.05) is 19.3 Å². The monoisotopic (exact) mass is 252 g/mol. The molecular weight excluding hydrogens is 232 g/mol. The minimum atomic E-state index is -0.0989. The first-order valence-electron chi connectivity index (χ1n) is 6.57. The van der Waals surface area contributed by atoms with Gasteiger partial charge in [0, 0.05) is 25.9 Å². The van der Waals surface area contributed by atoms with E-state index >= 15 is 0 Å². The van der Waals surface area contributed by atoms with E-state index in [1.165, 1.54) is 19.3 Å². The molecule has 1 aromatic rings. The molecule has 0 saturated heterocycles. The number of hydrogen-bond donors (Lipinski definition) is 2. The van der Waals surface area contributed by atoms with E-state index in [4.69, 9.17) is 4.42 Å². The molecular formula is C12H20N4O2. The number of amides is 2. The highest BCUT2D eigenvalue weighted by Crippen LogP contribution is 2.17. The molecule has 1 aliphatic carbocycles. The Bertz CT molecular complexity index is 385. The van der Waals surface area contributed by atoms with Gasteiger partial charge in [-0.15, -0.1) is 10.2 Å². The van der Waals surface area contributed by atoms with Crippen LogP contribution >= 0.6 is 0 Å². The van der Waals surface area contributed by atoms with Crippen LogP contribution in [0.3, 0.4) is 0 Å². The van der Waals surface area contributed by atoms with Crippen LogP contribution < -0.4 is 10.6 Å². The summed E-state index contributed by atoms with van der Waals surface area (Å²) in [5, 5.41) is 13.4. The van der Waals surface area contributed by atoms with E-state index in [0.717, 1.165) is 12.8 Å². The van der Waals surface area contributed by atoms with Crippen LogP contribution in [0.15, 0.2) is 4.42 Å². The lowest BCUT2D eigenvalue weighted by molar-refractivity contribution is 0.232. The molecule has 0 spiro atoms. The van der Waals surface area contributed by atoms with Gasteiger partial charge in [0.2, 0.25) is 11.8 Å². The molecule has 6 nitrogen and oxygen atoms in total. The molecule has 1 heterocycles. The maximum atomic E-state index is 11.6. The van der Waals surface area contributed by atoms with E-state index in [2.05, 4.69) is 20.8 Å². The Labute approximate surface area is 107 Å². The number of carbonyl (C=O) groups is 1. The summed E-state index contributed by atoms with van der Waals surface area (Å²) in [4.78, 5) is 11.6. The molecule has 2 amide bonds. The minimum Gasteiger partial charge on any atom is -0.426 e. The summed E-state index contributed by atoms with van der Waals surface area (Å²) in [5.41, 5.74) is 0. The minimum absolute atomic E-state index is 0.0989.